The van der Waals surface area contributed by atoms with E-state index in [2.05, 4.69) is 17.1 Å². The van der Waals surface area contributed by atoms with Gasteiger partial charge in [0.25, 0.3) is 5.69 Å². The molecule has 4 rings (SSSR count). The Kier molecular flexibility index (Phi) is 7.36. The summed E-state index contributed by atoms with van der Waals surface area (Å²) >= 11 is 0. The minimum absolute atomic E-state index is 0.0702. The lowest BCUT2D eigenvalue weighted by molar-refractivity contribution is -0.384. The van der Waals surface area contributed by atoms with Gasteiger partial charge in [-0.3, -0.25) is 10.1 Å². The van der Waals surface area contributed by atoms with Gasteiger partial charge in [0.2, 0.25) is 11.7 Å². The van der Waals surface area contributed by atoms with E-state index < -0.39 is 4.92 Å². The molecule has 2 aliphatic rings. The summed E-state index contributed by atoms with van der Waals surface area (Å²) in [5.74, 6) is 4.36. The first-order chi connectivity index (χ1) is 15.1. The van der Waals surface area contributed by atoms with E-state index in [0.29, 0.717) is 11.7 Å². The zero-order chi connectivity index (χ0) is 21.6. The van der Waals surface area contributed by atoms with Crippen molar-refractivity contribution in [3.8, 4) is 11.4 Å². The van der Waals surface area contributed by atoms with Crippen molar-refractivity contribution in [2.75, 3.05) is 0 Å². The summed E-state index contributed by atoms with van der Waals surface area (Å²) in [6.45, 7) is 2.29. The Morgan fingerprint density at radius 1 is 0.968 bits per heavy atom. The molecule has 2 aromatic rings. The van der Waals surface area contributed by atoms with Gasteiger partial charge in [-0.15, -0.1) is 0 Å². The molecule has 1 heterocycles. The monoisotopic (exact) mass is 425 g/mol. The third-order valence-electron chi connectivity index (χ3n) is 7.67. The number of aromatic nitrogens is 2. The average molecular weight is 426 g/mol. The van der Waals surface area contributed by atoms with Gasteiger partial charge in [0.1, 0.15) is 0 Å². The molecule has 0 atom stereocenters. The lowest BCUT2D eigenvalue weighted by Gasteiger charge is -2.37. The molecular formula is C25H35N3O3. The Hall–Kier alpha value is -2.24. The fourth-order valence-electron chi connectivity index (χ4n) is 5.72. The van der Waals surface area contributed by atoms with Gasteiger partial charge in [0, 0.05) is 23.6 Å². The highest BCUT2D eigenvalue weighted by atomic mass is 16.6. The molecule has 6 nitrogen and oxygen atoms in total. The van der Waals surface area contributed by atoms with E-state index in [0.717, 1.165) is 42.0 Å². The SMILES string of the molecule is CCCCCC1CCC(C2CCC(c3nc(-c4ccc([N+](=O)[O-])cc4)no3)CC2)CC1. The first-order valence-electron chi connectivity index (χ1n) is 12.2. The molecule has 2 saturated carbocycles. The molecule has 0 spiro atoms. The Morgan fingerprint density at radius 2 is 1.61 bits per heavy atom. The average Bonchev–Trinajstić information content (AvgIpc) is 3.30. The number of hydrogen-bond donors (Lipinski definition) is 0. The van der Waals surface area contributed by atoms with Crippen LogP contribution in [-0.2, 0) is 0 Å². The summed E-state index contributed by atoms with van der Waals surface area (Å²) in [6.07, 6.45) is 16.1. The van der Waals surface area contributed by atoms with Crippen LogP contribution in [0, 0.1) is 27.9 Å². The van der Waals surface area contributed by atoms with Crippen LogP contribution in [0.3, 0.4) is 0 Å². The second-order valence-electron chi connectivity index (χ2n) is 9.65. The molecule has 2 aliphatic carbocycles. The van der Waals surface area contributed by atoms with Crippen LogP contribution in [0.2, 0.25) is 0 Å². The number of non-ortho nitro benzene ring substituents is 1. The van der Waals surface area contributed by atoms with Gasteiger partial charge in [0.05, 0.1) is 4.92 Å². The summed E-state index contributed by atoms with van der Waals surface area (Å²) in [5.41, 5.74) is 0.825. The summed E-state index contributed by atoms with van der Waals surface area (Å²) in [6, 6.07) is 6.33. The first kappa shape index (κ1) is 22.0. The molecule has 0 amide bonds. The molecule has 0 bridgehead atoms. The normalized spacial score (nSPS) is 26.6. The predicted octanol–water partition coefficient (Wildman–Crippen LogP) is 7.31. The molecule has 1 aromatic heterocycles. The number of benzene rings is 1. The Balaban J connectivity index is 1.25. The number of nitro benzene ring substituents is 1. The highest BCUT2D eigenvalue weighted by Crippen LogP contribution is 2.44. The van der Waals surface area contributed by atoms with Crippen LogP contribution in [0.15, 0.2) is 28.8 Å². The minimum atomic E-state index is -0.400. The van der Waals surface area contributed by atoms with Crippen molar-refractivity contribution in [3.05, 3.63) is 40.3 Å². The van der Waals surface area contributed by atoms with Crippen LogP contribution < -0.4 is 0 Å². The van der Waals surface area contributed by atoms with E-state index in [4.69, 9.17) is 4.52 Å². The number of nitrogens with zero attached hydrogens (tertiary/aromatic N) is 3. The highest BCUT2D eigenvalue weighted by molar-refractivity contribution is 5.56. The van der Waals surface area contributed by atoms with Crippen LogP contribution in [0.1, 0.15) is 95.8 Å². The maximum Gasteiger partial charge on any atom is 0.269 e. The maximum absolute atomic E-state index is 10.8. The van der Waals surface area contributed by atoms with E-state index >= 15 is 0 Å². The van der Waals surface area contributed by atoms with Gasteiger partial charge in [-0.05, 0) is 68.4 Å². The van der Waals surface area contributed by atoms with Crippen LogP contribution >= 0.6 is 0 Å². The fraction of sp³-hybridized carbons (Fsp3) is 0.680. The van der Waals surface area contributed by atoms with Gasteiger partial charge in [-0.1, -0.05) is 50.6 Å². The quantitative estimate of drug-likeness (QED) is 0.252. The molecule has 0 saturated heterocycles. The van der Waals surface area contributed by atoms with Gasteiger partial charge < -0.3 is 4.52 Å². The topological polar surface area (TPSA) is 82.1 Å². The molecule has 6 heteroatoms. The Labute approximate surface area is 185 Å². The van der Waals surface area contributed by atoms with Crippen LogP contribution in [-0.4, -0.2) is 15.1 Å². The second-order valence-corrected chi connectivity index (χ2v) is 9.65. The number of rotatable bonds is 8. The number of hydrogen-bond acceptors (Lipinski definition) is 5. The summed E-state index contributed by atoms with van der Waals surface area (Å²) < 4.78 is 5.58. The molecule has 31 heavy (non-hydrogen) atoms. The molecule has 0 unspecified atom stereocenters. The molecule has 0 N–H and O–H groups in total. The smallest absolute Gasteiger partial charge is 0.269 e. The second kappa shape index (κ2) is 10.4. The lowest BCUT2D eigenvalue weighted by Crippen LogP contribution is -2.25. The largest absolute Gasteiger partial charge is 0.339 e. The van der Waals surface area contributed by atoms with Crippen molar-refractivity contribution < 1.29 is 9.45 Å². The molecule has 2 fully saturated rings. The van der Waals surface area contributed by atoms with E-state index in [-0.39, 0.29) is 5.69 Å². The molecular weight excluding hydrogens is 390 g/mol. The summed E-state index contributed by atoms with van der Waals surface area (Å²) in [5, 5.41) is 15.0. The molecule has 0 aliphatic heterocycles. The molecule has 0 radical (unpaired) electrons. The van der Waals surface area contributed by atoms with Crippen molar-refractivity contribution >= 4 is 5.69 Å². The predicted molar refractivity (Wildman–Crippen MR) is 121 cm³/mol. The lowest BCUT2D eigenvalue weighted by atomic mass is 9.68. The van der Waals surface area contributed by atoms with Crippen molar-refractivity contribution in [1.29, 1.82) is 0 Å². The van der Waals surface area contributed by atoms with Crippen molar-refractivity contribution in [2.24, 2.45) is 17.8 Å². The van der Waals surface area contributed by atoms with Crippen LogP contribution in [0.4, 0.5) is 5.69 Å². The zero-order valence-electron chi connectivity index (χ0n) is 18.7. The molecule has 168 valence electrons. The number of unbranched alkanes of at least 4 members (excludes halogenated alkanes) is 2. The van der Waals surface area contributed by atoms with Crippen molar-refractivity contribution in [3.63, 3.8) is 0 Å². The van der Waals surface area contributed by atoms with E-state index in [1.54, 1.807) is 12.1 Å². The van der Waals surface area contributed by atoms with Crippen LogP contribution in [0.5, 0.6) is 0 Å². The summed E-state index contributed by atoms with van der Waals surface area (Å²) in [7, 11) is 0. The van der Waals surface area contributed by atoms with E-state index in [9.17, 15) is 10.1 Å². The van der Waals surface area contributed by atoms with E-state index in [1.165, 1.54) is 76.3 Å². The Bertz CT molecular complexity index is 832. The van der Waals surface area contributed by atoms with E-state index in [1.807, 2.05) is 0 Å². The van der Waals surface area contributed by atoms with Gasteiger partial charge in [0.15, 0.2) is 0 Å². The van der Waals surface area contributed by atoms with Gasteiger partial charge in [-0.2, -0.15) is 4.98 Å². The van der Waals surface area contributed by atoms with Crippen molar-refractivity contribution in [1.82, 2.24) is 10.1 Å². The summed E-state index contributed by atoms with van der Waals surface area (Å²) in [4.78, 5) is 15.0. The van der Waals surface area contributed by atoms with Gasteiger partial charge >= 0.3 is 0 Å². The fourth-order valence-corrected chi connectivity index (χ4v) is 5.72. The Morgan fingerprint density at radius 3 is 2.23 bits per heavy atom. The first-order valence-corrected chi connectivity index (χ1v) is 12.2. The third kappa shape index (κ3) is 5.52. The number of nitro groups is 1. The highest BCUT2D eigenvalue weighted by Gasteiger charge is 2.33. The zero-order valence-corrected chi connectivity index (χ0v) is 18.7. The van der Waals surface area contributed by atoms with Crippen molar-refractivity contribution in [2.45, 2.75) is 89.9 Å². The maximum atomic E-state index is 10.8. The third-order valence-corrected chi connectivity index (χ3v) is 7.67. The molecule has 1 aromatic carbocycles. The minimum Gasteiger partial charge on any atom is -0.339 e. The standard InChI is InChI=1S/C25H35N3O3/c1-2-3-4-5-18-6-8-19(9-7-18)20-10-12-22(13-11-20)25-26-24(27-31-25)21-14-16-23(17-15-21)28(29)30/h14-20,22H,2-13H2,1H3. The van der Waals surface area contributed by atoms with Gasteiger partial charge in [-0.25, -0.2) is 0 Å². The van der Waals surface area contributed by atoms with Crippen LogP contribution in [0.25, 0.3) is 11.4 Å².